The molecule has 0 bridgehead atoms. The fourth-order valence-electron chi connectivity index (χ4n) is 7.53. The van der Waals surface area contributed by atoms with Crippen LogP contribution < -0.4 is 27.6 Å². The lowest BCUT2D eigenvalue weighted by Crippen LogP contribution is -2.50. The van der Waals surface area contributed by atoms with E-state index in [1.165, 1.54) is 39.7 Å². The molecule has 10 N–H and O–H groups in total. The average Bonchev–Trinajstić information content (AvgIpc) is 3.99. The number of aliphatic hydroxyl groups is 2. The predicted molar refractivity (Wildman–Crippen MR) is 279 cm³/mol. The number of nitrogens with one attached hydrogen (secondary N) is 2. The van der Waals surface area contributed by atoms with E-state index < -0.39 is 60.9 Å². The molecule has 0 aliphatic carbocycles. The lowest BCUT2D eigenvalue weighted by Gasteiger charge is -2.22. The Hall–Kier alpha value is -8.14. The van der Waals surface area contributed by atoms with Crippen molar-refractivity contribution in [1.82, 2.24) is 30.2 Å². The second-order valence-electron chi connectivity index (χ2n) is 16.9. The lowest BCUT2D eigenvalue weighted by molar-refractivity contribution is -0.127. The van der Waals surface area contributed by atoms with E-state index in [2.05, 4.69) is 36.8 Å². The van der Waals surface area contributed by atoms with Gasteiger partial charge < -0.3 is 42.4 Å². The fraction of sp³-hybridized carbons (Fsp3) is 0.148. The third-order valence-corrected chi connectivity index (χ3v) is 11.7. The van der Waals surface area contributed by atoms with Crippen molar-refractivity contribution in [3.63, 3.8) is 0 Å². The number of rotatable bonds is 16. The van der Waals surface area contributed by atoms with E-state index in [1.54, 1.807) is 44.2 Å². The van der Waals surface area contributed by atoms with Crippen LogP contribution in [0, 0.1) is 25.5 Å². The van der Waals surface area contributed by atoms with E-state index in [-0.39, 0.29) is 29.8 Å². The summed E-state index contributed by atoms with van der Waals surface area (Å²) in [6, 6.07) is 45.9. The van der Waals surface area contributed by atoms with Gasteiger partial charge in [0.05, 0.1) is 34.8 Å². The van der Waals surface area contributed by atoms with Crippen LogP contribution in [0.5, 0.6) is 0 Å². The molecule has 4 amide bonds. The number of hydrogen-bond donors (Lipinski definition) is 8. The van der Waals surface area contributed by atoms with E-state index >= 15 is 0 Å². The molecule has 2 heterocycles. The normalized spacial score (nSPS) is 12.3. The summed E-state index contributed by atoms with van der Waals surface area (Å²) in [5.41, 5.74) is 17.1. The van der Waals surface area contributed by atoms with Crippen molar-refractivity contribution in [1.29, 1.82) is 0 Å². The molecule has 8 rings (SSSR count). The number of aryl methyl sites for hydroxylation is 2. The van der Waals surface area contributed by atoms with Crippen molar-refractivity contribution in [2.75, 3.05) is 0 Å². The summed E-state index contributed by atoms with van der Waals surface area (Å²) in [6.07, 6.45) is -2.62. The van der Waals surface area contributed by atoms with Crippen molar-refractivity contribution >= 4 is 52.1 Å². The highest BCUT2D eigenvalue weighted by molar-refractivity contribution is 9.10. The van der Waals surface area contributed by atoms with Crippen LogP contribution in [-0.4, -0.2) is 94.9 Å². The molecule has 2 aromatic heterocycles. The molecule has 74 heavy (non-hydrogen) atoms. The van der Waals surface area contributed by atoms with Crippen molar-refractivity contribution < 1.29 is 48.2 Å². The number of nitrogens with zero attached hydrogens (tertiary/aromatic N) is 4. The SMILES string of the molecule is Cc1cc(C(=O)N[C@@H](Cc2ccccc2)C(O)C(N)=O)n(-c2ccc(-c3cccc(F)c3)cc2)n1.Cc1cc(C(=O)N[C@@H](Cc2ccccc2)C(O)C(N)=O)n(-c2ccc(Br)cc2)n1.OB(O)c1cccc(F)c1. The third kappa shape index (κ3) is 15.4. The molecule has 0 spiro atoms. The highest BCUT2D eigenvalue weighted by Crippen LogP contribution is 2.23. The Morgan fingerprint density at radius 1 is 0.568 bits per heavy atom. The topological polar surface area (TPSA) is 261 Å². The van der Waals surface area contributed by atoms with Gasteiger partial charge in [0.25, 0.3) is 11.8 Å². The zero-order chi connectivity index (χ0) is 53.5. The number of carbonyl (C=O) groups is 4. The van der Waals surface area contributed by atoms with Gasteiger partial charge in [0.1, 0.15) is 23.0 Å². The molecule has 0 aliphatic rings. The number of nitrogens with two attached hydrogens (primary N) is 2. The van der Waals surface area contributed by atoms with Crippen molar-refractivity contribution in [2.24, 2.45) is 11.5 Å². The first-order valence-electron chi connectivity index (χ1n) is 22.9. The van der Waals surface area contributed by atoms with Gasteiger partial charge in [-0.2, -0.15) is 10.2 Å². The van der Waals surface area contributed by atoms with E-state index in [0.29, 0.717) is 28.5 Å². The summed E-state index contributed by atoms with van der Waals surface area (Å²) < 4.78 is 29.8. The summed E-state index contributed by atoms with van der Waals surface area (Å²) in [4.78, 5) is 49.5. The molecule has 16 nitrogen and oxygen atoms in total. The molecule has 0 saturated carbocycles. The number of hydrogen-bond acceptors (Lipinski definition) is 10. The minimum absolute atomic E-state index is 0.167. The van der Waals surface area contributed by atoms with Gasteiger partial charge in [0, 0.05) is 4.47 Å². The van der Waals surface area contributed by atoms with Crippen molar-refractivity contribution in [3.8, 4) is 22.5 Å². The minimum atomic E-state index is -1.59. The van der Waals surface area contributed by atoms with E-state index in [9.17, 15) is 38.2 Å². The van der Waals surface area contributed by atoms with Crippen LogP contribution in [0.4, 0.5) is 8.78 Å². The van der Waals surface area contributed by atoms with Crippen molar-refractivity contribution in [2.45, 2.75) is 51.0 Å². The standard InChI is InChI=1S/C27H25FN4O3.C21H21BrN4O3.C6H6BFO2/c1-17-14-24(27(35)30-23(25(33)26(29)34)15-18-6-3-2-4-7-18)32(31-17)22-12-10-19(11-13-22)20-8-5-9-21(28)16-20;1-13-11-18(26(25-13)16-9-7-15(22)8-10-16)21(29)24-17(19(27)20(23)28)12-14-5-3-2-4-6-14;8-6-3-1-2-5(4-6)7(9)10/h2-14,16,23,25,33H,15H2,1H3,(H2,29,34)(H,30,35);2-11,17,19,27H,12H2,1H3,(H2,23,28)(H,24,29);1-4,9-10H/t23-,25?;17-,19?;/m00./s1. The predicted octanol–water partition coefficient (Wildman–Crippen LogP) is 4.81. The average molecular weight is 1070 g/mol. The highest BCUT2D eigenvalue weighted by Gasteiger charge is 2.30. The molecule has 20 heteroatoms. The van der Waals surface area contributed by atoms with Crippen LogP contribution in [0.2, 0.25) is 0 Å². The number of halogens is 3. The van der Waals surface area contributed by atoms with Crippen LogP contribution in [0.15, 0.2) is 174 Å². The zero-order valence-corrected chi connectivity index (χ0v) is 41.6. The molecular formula is C54H52BBrF2N8O8. The number of aliphatic hydroxyl groups excluding tert-OH is 2. The van der Waals surface area contributed by atoms with E-state index in [1.807, 2.05) is 103 Å². The first-order valence-corrected chi connectivity index (χ1v) is 23.7. The summed E-state index contributed by atoms with van der Waals surface area (Å²) in [7, 11) is -1.59. The van der Waals surface area contributed by atoms with Gasteiger partial charge in [-0.15, -0.1) is 0 Å². The van der Waals surface area contributed by atoms with Crippen LogP contribution >= 0.6 is 15.9 Å². The molecule has 8 aromatic rings. The molecular weight excluding hydrogens is 1020 g/mol. The Labute approximate surface area is 433 Å². The summed E-state index contributed by atoms with van der Waals surface area (Å²) in [5.74, 6) is -3.59. The Bertz CT molecular complexity index is 3170. The molecule has 0 saturated heterocycles. The Morgan fingerprint density at radius 3 is 1.38 bits per heavy atom. The lowest BCUT2D eigenvalue weighted by atomic mass is 9.80. The Kier molecular flexibility index (Phi) is 19.4. The largest absolute Gasteiger partial charge is 0.488 e. The van der Waals surface area contributed by atoms with Crippen LogP contribution in [0.25, 0.3) is 22.5 Å². The second kappa shape index (κ2) is 26.0. The maximum atomic E-state index is 13.6. The zero-order valence-electron chi connectivity index (χ0n) is 40.0. The first-order chi connectivity index (χ1) is 35.4. The summed E-state index contributed by atoms with van der Waals surface area (Å²) in [6.45, 7) is 3.54. The third-order valence-electron chi connectivity index (χ3n) is 11.2. The van der Waals surface area contributed by atoms with Gasteiger partial charge in [0.2, 0.25) is 11.8 Å². The molecule has 2 unspecified atom stereocenters. The van der Waals surface area contributed by atoms with Gasteiger partial charge in [-0.05, 0) is 127 Å². The Morgan fingerprint density at radius 2 is 0.986 bits per heavy atom. The smallest absolute Gasteiger partial charge is 0.423 e. The maximum absolute atomic E-state index is 13.6. The maximum Gasteiger partial charge on any atom is 0.488 e. The van der Waals surface area contributed by atoms with Gasteiger partial charge in [0.15, 0.2) is 12.2 Å². The number of amides is 4. The molecule has 4 atom stereocenters. The number of carbonyl (C=O) groups excluding carboxylic acids is 4. The summed E-state index contributed by atoms with van der Waals surface area (Å²) >= 11 is 3.38. The highest BCUT2D eigenvalue weighted by atomic mass is 79.9. The molecule has 6 aromatic carbocycles. The van der Waals surface area contributed by atoms with E-state index in [0.717, 1.165) is 32.8 Å². The molecule has 0 aliphatic heterocycles. The number of benzene rings is 6. The molecule has 0 radical (unpaired) electrons. The van der Waals surface area contributed by atoms with Gasteiger partial charge in [-0.25, -0.2) is 18.1 Å². The summed E-state index contributed by atoms with van der Waals surface area (Å²) in [5, 5.41) is 52.0. The van der Waals surface area contributed by atoms with Crippen LogP contribution in [0.3, 0.4) is 0 Å². The van der Waals surface area contributed by atoms with Crippen molar-refractivity contribution in [3.05, 3.63) is 220 Å². The van der Waals surface area contributed by atoms with E-state index in [4.69, 9.17) is 21.5 Å². The molecule has 0 fully saturated rings. The van der Waals surface area contributed by atoms with Gasteiger partial charge in [-0.1, -0.05) is 113 Å². The van der Waals surface area contributed by atoms with Gasteiger partial charge in [-0.3, -0.25) is 19.2 Å². The van der Waals surface area contributed by atoms with Crippen LogP contribution in [0.1, 0.15) is 43.5 Å². The van der Waals surface area contributed by atoms with Crippen LogP contribution in [-0.2, 0) is 22.4 Å². The monoisotopic (exact) mass is 1070 g/mol. The fourth-order valence-corrected chi connectivity index (χ4v) is 7.79. The second-order valence-corrected chi connectivity index (χ2v) is 17.8. The van der Waals surface area contributed by atoms with Gasteiger partial charge >= 0.3 is 7.12 Å². The quantitative estimate of drug-likeness (QED) is 0.0613. The Balaban J connectivity index is 0.000000205. The molecule has 380 valence electrons. The number of primary amides is 2. The minimum Gasteiger partial charge on any atom is -0.423 e. The number of aromatic nitrogens is 4. The first kappa shape index (κ1) is 55.2.